The first-order valence-electron chi connectivity index (χ1n) is 5.42. The summed E-state index contributed by atoms with van der Waals surface area (Å²) in [5.74, 6) is -0.238. The van der Waals surface area contributed by atoms with Crippen LogP contribution in [-0.2, 0) is 9.47 Å². The Morgan fingerprint density at radius 1 is 1.76 bits per heavy atom. The minimum atomic E-state index is -0.238. The lowest BCUT2D eigenvalue weighted by Crippen LogP contribution is -2.43. The molecule has 0 bridgehead atoms. The highest BCUT2D eigenvalue weighted by atomic mass is 32.1. The van der Waals surface area contributed by atoms with Crippen molar-refractivity contribution in [3.63, 3.8) is 0 Å². The van der Waals surface area contributed by atoms with E-state index < -0.39 is 0 Å². The van der Waals surface area contributed by atoms with Gasteiger partial charge >= 0.3 is 0 Å². The smallest absolute Gasteiger partial charge is 0.271 e. The summed E-state index contributed by atoms with van der Waals surface area (Å²) in [4.78, 5) is 15.8. The van der Waals surface area contributed by atoms with Crippen LogP contribution < -0.4 is 11.1 Å². The summed E-state index contributed by atoms with van der Waals surface area (Å²) in [6.45, 7) is 3.50. The molecule has 1 fully saturated rings. The molecule has 1 amide bonds. The normalized spacial score (nSPS) is 23.8. The summed E-state index contributed by atoms with van der Waals surface area (Å²) in [5, 5.41) is 4.87. The van der Waals surface area contributed by atoms with E-state index in [0.717, 1.165) is 0 Å². The lowest BCUT2D eigenvalue weighted by molar-refractivity contribution is 0.0402. The Labute approximate surface area is 103 Å². The van der Waals surface area contributed by atoms with E-state index in [1.807, 2.05) is 6.92 Å². The SMILES string of the molecule is CCOC1COCC1NC(=O)c1csc(N)n1. The second kappa shape index (κ2) is 5.44. The van der Waals surface area contributed by atoms with Gasteiger partial charge in [0.25, 0.3) is 5.91 Å². The first kappa shape index (κ1) is 12.3. The maximum Gasteiger partial charge on any atom is 0.271 e. The van der Waals surface area contributed by atoms with Crippen LogP contribution in [0.2, 0.25) is 0 Å². The van der Waals surface area contributed by atoms with Gasteiger partial charge < -0.3 is 20.5 Å². The molecule has 3 N–H and O–H groups in total. The molecule has 7 heteroatoms. The van der Waals surface area contributed by atoms with Crippen LogP contribution in [0.25, 0.3) is 0 Å². The van der Waals surface area contributed by atoms with E-state index in [1.165, 1.54) is 11.3 Å². The Balaban J connectivity index is 1.94. The van der Waals surface area contributed by atoms with Gasteiger partial charge in [0.15, 0.2) is 5.13 Å². The van der Waals surface area contributed by atoms with Gasteiger partial charge in [-0.05, 0) is 6.92 Å². The van der Waals surface area contributed by atoms with Gasteiger partial charge in [-0.2, -0.15) is 0 Å². The van der Waals surface area contributed by atoms with Crippen LogP contribution in [0.15, 0.2) is 5.38 Å². The Bertz CT molecular complexity index is 396. The molecule has 0 saturated carbocycles. The van der Waals surface area contributed by atoms with Crippen LogP contribution in [0.4, 0.5) is 5.13 Å². The molecule has 1 aromatic rings. The molecule has 17 heavy (non-hydrogen) atoms. The molecular formula is C10H15N3O3S. The molecule has 0 aliphatic carbocycles. The average molecular weight is 257 g/mol. The van der Waals surface area contributed by atoms with Crippen LogP contribution in [0.1, 0.15) is 17.4 Å². The molecule has 2 unspecified atom stereocenters. The summed E-state index contributed by atoms with van der Waals surface area (Å²) in [6.07, 6.45) is -0.0834. The summed E-state index contributed by atoms with van der Waals surface area (Å²) in [7, 11) is 0. The largest absolute Gasteiger partial charge is 0.376 e. The summed E-state index contributed by atoms with van der Waals surface area (Å²) >= 11 is 1.25. The summed E-state index contributed by atoms with van der Waals surface area (Å²) in [6, 6.07) is -0.120. The molecule has 2 heterocycles. The van der Waals surface area contributed by atoms with E-state index in [1.54, 1.807) is 5.38 Å². The third-order valence-electron chi connectivity index (χ3n) is 2.48. The number of nitrogen functional groups attached to an aromatic ring is 1. The number of rotatable bonds is 4. The van der Waals surface area contributed by atoms with Gasteiger partial charge in [-0.1, -0.05) is 0 Å². The predicted molar refractivity (Wildman–Crippen MR) is 64.0 cm³/mol. The standard InChI is InChI=1S/C10H15N3O3S/c1-2-16-8-4-15-3-6(8)12-9(14)7-5-17-10(11)13-7/h5-6,8H,2-4H2,1H3,(H2,11,13)(H,12,14). The van der Waals surface area contributed by atoms with Crippen molar-refractivity contribution in [2.24, 2.45) is 0 Å². The minimum absolute atomic E-state index is 0.0834. The van der Waals surface area contributed by atoms with Crippen LogP contribution in [0.3, 0.4) is 0 Å². The second-order valence-electron chi connectivity index (χ2n) is 3.68. The van der Waals surface area contributed by atoms with Crippen molar-refractivity contribution in [2.75, 3.05) is 25.6 Å². The Morgan fingerprint density at radius 3 is 3.24 bits per heavy atom. The number of hydrogen-bond acceptors (Lipinski definition) is 6. The average Bonchev–Trinajstić information content (AvgIpc) is 2.89. The van der Waals surface area contributed by atoms with Crippen LogP contribution in [0, 0.1) is 0 Å². The minimum Gasteiger partial charge on any atom is -0.376 e. The Morgan fingerprint density at radius 2 is 2.59 bits per heavy atom. The van der Waals surface area contributed by atoms with Crippen molar-refractivity contribution in [1.29, 1.82) is 0 Å². The van der Waals surface area contributed by atoms with Crippen molar-refractivity contribution in [1.82, 2.24) is 10.3 Å². The highest BCUT2D eigenvalue weighted by molar-refractivity contribution is 7.13. The number of anilines is 1. The zero-order valence-electron chi connectivity index (χ0n) is 9.51. The molecule has 1 aliphatic heterocycles. The number of nitrogens with zero attached hydrogens (tertiary/aromatic N) is 1. The number of ether oxygens (including phenoxy) is 2. The molecule has 1 aromatic heterocycles. The molecule has 1 saturated heterocycles. The zero-order valence-corrected chi connectivity index (χ0v) is 10.3. The molecule has 6 nitrogen and oxygen atoms in total. The topological polar surface area (TPSA) is 86.5 Å². The van der Waals surface area contributed by atoms with Gasteiger partial charge in [0, 0.05) is 12.0 Å². The van der Waals surface area contributed by atoms with E-state index in [9.17, 15) is 4.79 Å². The molecule has 0 spiro atoms. The van der Waals surface area contributed by atoms with Crippen LogP contribution in [0.5, 0.6) is 0 Å². The predicted octanol–water partition coefficient (Wildman–Crippen LogP) is 0.259. The highest BCUT2D eigenvalue weighted by Gasteiger charge is 2.30. The molecule has 94 valence electrons. The summed E-state index contributed by atoms with van der Waals surface area (Å²) in [5.41, 5.74) is 5.82. The van der Waals surface area contributed by atoms with E-state index in [4.69, 9.17) is 15.2 Å². The van der Waals surface area contributed by atoms with Crippen LogP contribution in [-0.4, -0.2) is 42.9 Å². The number of nitrogens with two attached hydrogens (primary N) is 1. The molecule has 2 atom stereocenters. The fourth-order valence-corrected chi connectivity index (χ4v) is 2.22. The first-order chi connectivity index (χ1) is 8.20. The van der Waals surface area contributed by atoms with Crippen molar-refractivity contribution in [2.45, 2.75) is 19.1 Å². The number of thiazole rings is 1. The number of aromatic nitrogens is 1. The Hall–Kier alpha value is -1.18. The quantitative estimate of drug-likeness (QED) is 0.808. The number of nitrogens with one attached hydrogen (secondary N) is 1. The van der Waals surface area contributed by atoms with Gasteiger partial charge in [-0.25, -0.2) is 4.98 Å². The number of carbonyl (C=O) groups is 1. The van der Waals surface area contributed by atoms with E-state index >= 15 is 0 Å². The Kier molecular flexibility index (Phi) is 3.93. The molecule has 2 rings (SSSR count). The molecular weight excluding hydrogens is 242 g/mol. The monoisotopic (exact) mass is 257 g/mol. The van der Waals surface area contributed by atoms with Gasteiger partial charge in [-0.15, -0.1) is 11.3 Å². The maximum atomic E-state index is 11.8. The van der Waals surface area contributed by atoms with Gasteiger partial charge in [0.05, 0.1) is 19.3 Å². The van der Waals surface area contributed by atoms with Gasteiger partial charge in [-0.3, -0.25) is 4.79 Å². The van der Waals surface area contributed by atoms with Crippen LogP contribution >= 0.6 is 11.3 Å². The molecule has 0 aromatic carbocycles. The van der Waals surface area contributed by atoms with Gasteiger partial charge in [0.1, 0.15) is 11.8 Å². The summed E-state index contributed by atoms with van der Waals surface area (Å²) < 4.78 is 10.8. The van der Waals surface area contributed by atoms with Crippen molar-refractivity contribution < 1.29 is 14.3 Å². The fraction of sp³-hybridized carbons (Fsp3) is 0.600. The third kappa shape index (κ3) is 2.93. The van der Waals surface area contributed by atoms with E-state index in [2.05, 4.69) is 10.3 Å². The van der Waals surface area contributed by atoms with E-state index in [0.29, 0.717) is 30.6 Å². The number of amides is 1. The number of hydrogen-bond donors (Lipinski definition) is 2. The first-order valence-corrected chi connectivity index (χ1v) is 6.30. The highest BCUT2D eigenvalue weighted by Crippen LogP contribution is 2.13. The number of carbonyl (C=O) groups excluding carboxylic acids is 1. The molecule has 0 radical (unpaired) electrons. The molecule has 1 aliphatic rings. The van der Waals surface area contributed by atoms with Gasteiger partial charge in [0.2, 0.25) is 0 Å². The lowest BCUT2D eigenvalue weighted by Gasteiger charge is -2.18. The third-order valence-corrected chi connectivity index (χ3v) is 3.15. The second-order valence-corrected chi connectivity index (χ2v) is 4.57. The fourth-order valence-electron chi connectivity index (χ4n) is 1.68. The zero-order chi connectivity index (χ0) is 12.3. The van der Waals surface area contributed by atoms with Crippen molar-refractivity contribution in [3.05, 3.63) is 11.1 Å². The maximum absolute atomic E-state index is 11.8. The lowest BCUT2D eigenvalue weighted by atomic mass is 10.2. The van der Waals surface area contributed by atoms with E-state index in [-0.39, 0.29) is 18.1 Å². The van der Waals surface area contributed by atoms with Crippen molar-refractivity contribution in [3.8, 4) is 0 Å². The van der Waals surface area contributed by atoms with Crippen molar-refractivity contribution >= 4 is 22.4 Å².